The Balaban J connectivity index is 1.86. The Bertz CT molecular complexity index is 1340. The lowest BCUT2D eigenvalue weighted by atomic mass is 9.95. The maximum Gasteiger partial charge on any atom is 0.417 e. The highest BCUT2D eigenvalue weighted by Crippen LogP contribution is 2.43. The van der Waals surface area contributed by atoms with Crippen molar-refractivity contribution in [2.45, 2.75) is 6.18 Å². The van der Waals surface area contributed by atoms with E-state index >= 15 is 0 Å². The zero-order chi connectivity index (χ0) is 22.3. The summed E-state index contributed by atoms with van der Waals surface area (Å²) in [6.07, 6.45) is -4.57. The number of carbonyl (C=O) groups is 1. The molecule has 0 spiro atoms. The van der Waals surface area contributed by atoms with Crippen molar-refractivity contribution in [2.24, 2.45) is 0 Å². The van der Waals surface area contributed by atoms with Gasteiger partial charge in [0.2, 0.25) is 5.36 Å². The van der Waals surface area contributed by atoms with Gasteiger partial charge in [-0.15, -0.1) is 0 Å². The fourth-order valence-corrected chi connectivity index (χ4v) is 3.45. The van der Waals surface area contributed by atoms with Crippen LogP contribution in [-0.4, -0.2) is 27.8 Å². The van der Waals surface area contributed by atoms with E-state index in [1.807, 2.05) is 20.0 Å². The summed E-state index contributed by atoms with van der Waals surface area (Å²) in [4.78, 5) is 12.5. The number of amides is 1. The van der Waals surface area contributed by atoms with Gasteiger partial charge in [0, 0.05) is 34.3 Å². The third-order valence-electron chi connectivity index (χ3n) is 5.08. The molecule has 0 bridgehead atoms. The molecule has 1 aliphatic heterocycles. The van der Waals surface area contributed by atoms with Crippen LogP contribution in [0.1, 0.15) is 15.9 Å². The van der Waals surface area contributed by atoms with Crippen molar-refractivity contribution in [3.63, 3.8) is 0 Å². The highest BCUT2D eigenvalue weighted by Gasteiger charge is 2.37. The fourth-order valence-electron chi connectivity index (χ4n) is 3.45. The fraction of sp³-hybridized carbons (Fsp3) is 0.130. The van der Waals surface area contributed by atoms with Gasteiger partial charge in [-0.2, -0.15) is 13.2 Å². The Labute approximate surface area is 177 Å². The molecule has 156 valence electrons. The predicted molar refractivity (Wildman–Crippen MR) is 118 cm³/mol. The van der Waals surface area contributed by atoms with Crippen molar-refractivity contribution in [2.75, 3.05) is 19.4 Å². The first-order chi connectivity index (χ1) is 14.6. The van der Waals surface area contributed by atoms with Gasteiger partial charge in [-0.05, 0) is 18.2 Å². The molecule has 0 aromatic heterocycles. The number of anilines is 1. The van der Waals surface area contributed by atoms with E-state index in [0.29, 0.717) is 16.6 Å². The first kappa shape index (κ1) is 20.7. The highest BCUT2D eigenvalue weighted by molar-refractivity contribution is 6.32. The normalized spacial score (nSPS) is 11.6. The largest absolute Gasteiger partial charge is 0.456 e. The molecule has 31 heavy (non-hydrogen) atoms. The lowest BCUT2D eigenvalue weighted by Gasteiger charge is -2.17. The van der Waals surface area contributed by atoms with Gasteiger partial charge in [-0.1, -0.05) is 29.7 Å². The Morgan fingerprint density at radius 1 is 1.00 bits per heavy atom. The first-order valence-corrected chi connectivity index (χ1v) is 9.59. The summed E-state index contributed by atoms with van der Waals surface area (Å²) in [5, 5.41) is 3.37. The molecule has 1 heterocycles. The number of hydrogen-bond acceptors (Lipinski definition) is 2. The Morgan fingerprint density at radius 2 is 1.71 bits per heavy atom. The van der Waals surface area contributed by atoms with E-state index in [1.54, 1.807) is 42.9 Å². The minimum absolute atomic E-state index is 0.0120. The van der Waals surface area contributed by atoms with Crippen LogP contribution in [0.3, 0.4) is 0 Å². The summed E-state index contributed by atoms with van der Waals surface area (Å²) in [6.45, 7) is 0. The molecule has 4 nitrogen and oxygen atoms in total. The predicted octanol–water partition coefficient (Wildman–Crippen LogP) is 3.10. The lowest BCUT2D eigenvalue weighted by molar-refractivity contribution is -0.136. The summed E-state index contributed by atoms with van der Waals surface area (Å²) < 4.78 is 49.5. The van der Waals surface area contributed by atoms with Gasteiger partial charge in [0.25, 0.3) is 5.91 Å². The first-order valence-electron chi connectivity index (χ1n) is 9.59. The molecule has 0 unspecified atom stereocenters. The van der Waals surface area contributed by atoms with Gasteiger partial charge in [0.1, 0.15) is 33.3 Å². The van der Waals surface area contributed by atoms with Gasteiger partial charge in [-0.25, -0.2) is 4.58 Å². The van der Waals surface area contributed by atoms with E-state index in [1.165, 1.54) is 24.3 Å². The molecule has 0 radical (unpaired) electrons. The third-order valence-corrected chi connectivity index (χ3v) is 5.08. The van der Waals surface area contributed by atoms with Crippen molar-refractivity contribution in [1.29, 1.82) is 0 Å². The highest BCUT2D eigenvalue weighted by atomic mass is 19.4. The number of nitrogens with one attached hydrogen (secondary N) is 1. The second-order valence-electron chi connectivity index (χ2n) is 7.58. The lowest BCUT2D eigenvalue weighted by Crippen LogP contribution is -2.21. The number of nitrogens with zero attached hydrogens (tertiary/aromatic N) is 1. The number of hydrogen-bond donors (Lipinski definition) is 1. The standard InChI is InChI=1S/C23H18BF3N2O2/c1-29(2)16-8-10-18-20(12-16)31-19-11-15(7-9-17(19)21(18)23(25,26)27)28-22(30)13-3-5-14(24)6-4-13/h3-12H,24H2,1-2H3/p+1. The number of carbonyl (C=O) groups excluding carboxylic acids is 1. The summed E-state index contributed by atoms with van der Waals surface area (Å²) in [7, 11) is 5.51. The van der Waals surface area contributed by atoms with Crippen LogP contribution in [0.15, 0.2) is 65.1 Å². The van der Waals surface area contributed by atoms with Gasteiger partial charge in [-0.3, -0.25) is 4.79 Å². The maximum absolute atomic E-state index is 13.9. The van der Waals surface area contributed by atoms with Crippen LogP contribution in [0, 0.1) is 0 Å². The minimum Gasteiger partial charge on any atom is -0.456 e. The van der Waals surface area contributed by atoms with Crippen LogP contribution < -0.4 is 20.7 Å². The van der Waals surface area contributed by atoms with Crippen molar-refractivity contribution < 1.29 is 22.4 Å². The quantitative estimate of drug-likeness (QED) is 0.306. The molecule has 1 amide bonds. The van der Waals surface area contributed by atoms with Crippen molar-refractivity contribution in [3.05, 3.63) is 77.1 Å². The third kappa shape index (κ3) is 4.06. The van der Waals surface area contributed by atoms with Gasteiger partial charge >= 0.3 is 6.18 Å². The average molecular weight is 423 g/mol. The molecular weight excluding hydrogens is 404 g/mol. The van der Waals surface area contributed by atoms with Crippen molar-refractivity contribution in [3.8, 4) is 11.3 Å². The van der Waals surface area contributed by atoms with Crippen LogP contribution in [0.25, 0.3) is 22.3 Å². The van der Waals surface area contributed by atoms with Crippen LogP contribution in [0.4, 0.5) is 18.9 Å². The van der Waals surface area contributed by atoms with Gasteiger partial charge in [0.15, 0.2) is 0 Å². The Hall–Kier alpha value is -3.55. The SMILES string of the molecule is Bc1ccc(C(=O)Nc2ccc3c(C(F)(F)F)c4ccc(=[N+](C)C)cc-4oc3c2)cc1. The summed E-state index contributed by atoms with van der Waals surface area (Å²) in [5.41, 5.74) is 1.08. The molecule has 0 fully saturated rings. The molecule has 0 saturated heterocycles. The smallest absolute Gasteiger partial charge is 0.417 e. The molecule has 2 aliphatic rings. The number of rotatable bonds is 2. The molecular formula is C23H19BF3N2O2+. The average Bonchev–Trinajstić information content (AvgIpc) is 2.71. The molecule has 2 aromatic carbocycles. The van der Waals surface area contributed by atoms with Gasteiger partial charge < -0.3 is 9.73 Å². The number of fused-ring (bicyclic) bond motifs is 2. The van der Waals surface area contributed by atoms with Gasteiger partial charge in [0.05, 0.1) is 11.6 Å². The number of halogens is 3. The summed E-state index contributed by atoms with van der Waals surface area (Å²) >= 11 is 0. The maximum atomic E-state index is 13.9. The Morgan fingerprint density at radius 3 is 2.35 bits per heavy atom. The number of alkyl halides is 3. The molecule has 0 atom stereocenters. The topological polar surface area (TPSA) is 45.2 Å². The van der Waals surface area contributed by atoms with E-state index in [0.717, 1.165) is 5.46 Å². The van der Waals surface area contributed by atoms with E-state index < -0.39 is 11.7 Å². The zero-order valence-corrected chi connectivity index (χ0v) is 17.2. The second kappa shape index (κ2) is 7.61. The second-order valence-corrected chi connectivity index (χ2v) is 7.58. The molecule has 8 heteroatoms. The van der Waals surface area contributed by atoms with Crippen molar-refractivity contribution in [1.82, 2.24) is 4.58 Å². The molecule has 0 saturated carbocycles. The molecule has 1 N–H and O–H groups in total. The van der Waals surface area contributed by atoms with E-state index in [9.17, 15) is 18.0 Å². The van der Waals surface area contributed by atoms with Crippen LogP contribution in [0.5, 0.6) is 0 Å². The molecule has 2 aromatic rings. The van der Waals surface area contributed by atoms with Crippen LogP contribution in [0.2, 0.25) is 0 Å². The summed E-state index contributed by atoms with van der Waals surface area (Å²) in [6, 6.07) is 15.8. The monoisotopic (exact) mass is 423 g/mol. The Kier molecular flexibility index (Phi) is 5.09. The molecule has 4 rings (SSSR count). The van der Waals surface area contributed by atoms with E-state index in [4.69, 9.17) is 4.42 Å². The van der Waals surface area contributed by atoms with Crippen molar-refractivity contribution >= 4 is 35.9 Å². The van der Waals surface area contributed by atoms with Crippen LogP contribution in [-0.2, 0) is 6.18 Å². The number of benzene rings is 3. The van der Waals surface area contributed by atoms with E-state index in [-0.39, 0.29) is 28.2 Å². The van der Waals surface area contributed by atoms with Crippen LogP contribution >= 0.6 is 0 Å². The molecule has 1 aliphatic carbocycles. The summed E-state index contributed by atoms with van der Waals surface area (Å²) in [5.74, 6) is -0.237. The zero-order valence-electron chi connectivity index (χ0n) is 17.2. The minimum atomic E-state index is -4.57. The van der Waals surface area contributed by atoms with E-state index in [2.05, 4.69) is 5.32 Å².